The van der Waals surface area contributed by atoms with E-state index in [0.29, 0.717) is 17.0 Å². The van der Waals surface area contributed by atoms with E-state index in [1.807, 2.05) is 0 Å². The van der Waals surface area contributed by atoms with Crippen molar-refractivity contribution >= 4 is 29.0 Å². The van der Waals surface area contributed by atoms with Crippen LogP contribution in [0.25, 0.3) is 5.82 Å². The van der Waals surface area contributed by atoms with Crippen LogP contribution in [0.3, 0.4) is 0 Å². The lowest BCUT2D eigenvalue weighted by atomic mass is 10.1. The van der Waals surface area contributed by atoms with Crippen LogP contribution in [0.2, 0.25) is 0 Å². The van der Waals surface area contributed by atoms with Gasteiger partial charge in [-0.15, -0.1) is 5.10 Å². The highest BCUT2D eigenvalue weighted by atomic mass is 16.6. The Labute approximate surface area is 197 Å². The molecule has 7 N–H and O–H groups in total. The largest absolute Gasteiger partial charge is 0.508 e. The minimum atomic E-state index is -0.675. The fourth-order valence-electron chi connectivity index (χ4n) is 3.16. The Balaban J connectivity index is 1.64. The topological polar surface area (TPSA) is 212 Å². The molecule has 0 atom stereocenters. The third-order valence-electron chi connectivity index (χ3n) is 4.90. The average Bonchev–Trinajstić information content (AvgIpc) is 3.46. The zero-order valence-corrected chi connectivity index (χ0v) is 18.3. The maximum absolute atomic E-state index is 12.9. The van der Waals surface area contributed by atoms with Crippen LogP contribution in [0.5, 0.6) is 5.75 Å². The van der Waals surface area contributed by atoms with Crippen molar-refractivity contribution in [3.63, 3.8) is 0 Å². The second-order valence-electron chi connectivity index (χ2n) is 7.22. The standard InChI is InChI=1S/C21H20N10O4/c1-11(12-5-4-6-13(32)9-12)25-27-21(34)17-16(31(30-26-17)20-18(22)28-35-29-20)10-24-15-8-3-2-7-14(15)19(23)33/h2-9,24,32H,10H2,1H3,(H2,22,28)(H2,23,33)(H,27,34)/b25-11+. The van der Waals surface area contributed by atoms with Gasteiger partial charge in [0.25, 0.3) is 11.8 Å². The number of nitrogens with zero attached hydrogens (tertiary/aromatic N) is 6. The van der Waals surface area contributed by atoms with Gasteiger partial charge in [-0.3, -0.25) is 9.59 Å². The number of carbonyl (C=O) groups is 2. The summed E-state index contributed by atoms with van der Waals surface area (Å²) in [7, 11) is 0. The molecule has 14 nitrogen and oxygen atoms in total. The van der Waals surface area contributed by atoms with Gasteiger partial charge in [-0.1, -0.05) is 29.5 Å². The van der Waals surface area contributed by atoms with Crippen LogP contribution >= 0.6 is 0 Å². The molecule has 4 aromatic rings. The van der Waals surface area contributed by atoms with E-state index in [4.69, 9.17) is 11.5 Å². The number of phenolic OH excluding ortho intramolecular Hbond substituents is 1. The maximum Gasteiger partial charge on any atom is 0.293 e. The Morgan fingerprint density at radius 2 is 1.97 bits per heavy atom. The van der Waals surface area contributed by atoms with Crippen LogP contribution in [-0.4, -0.2) is 47.9 Å². The molecule has 0 bridgehead atoms. The summed E-state index contributed by atoms with van der Waals surface area (Å²) >= 11 is 0. The number of benzene rings is 2. The van der Waals surface area contributed by atoms with Crippen LogP contribution in [0.4, 0.5) is 11.5 Å². The van der Waals surface area contributed by atoms with Crippen molar-refractivity contribution in [2.45, 2.75) is 13.5 Å². The normalized spacial score (nSPS) is 11.3. The van der Waals surface area contributed by atoms with Crippen molar-refractivity contribution in [2.24, 2.45) is 10.8 Å². The number of nitrogens with two attached hydrogens (primary N) is 2. The van der Waals surface area contributed by atoms with Crippen LogP contribution in [0.15, 0.2) is 58.3 Å². The molecule has 0 aliphatic heterocycles. The van der Waals surface area contributed by atoms with E-state index in [2.05, 4.69) is 41.1 Å². The van der Waals surface area contributed by atoms with Gasteiger partial charge in [-0.25, -0.2) is 10.1 Å². The van der Waals surface area contributed by atoms with Crippen LogP contribution in [0, 0.1) is 0 Å². The van der Waals surface area contributed by atoms with Crippen LogP contribution < -0.4 is 22.2 Å². The van der Waals surface area contributed by atoms with E-state index in [1.165, 1.54) is 16.8 Å². The van der Waals surface area contributed by atoms with Crippen molar-refractivity contribution in [3.05, 3.63) is 71.0 Å². The summed E-state index contributed by atoms with van der Waals surface area (Å²) in [5, 5.41) is 31.9. The van der Waals surface area contributed by atoms with Gasteiger partial charge < -0.3 is 21.9 Å². The quantitative estimate of drug-likeness (QED) is 0.178. The van der Waals surface area contributed by atoms with Gasteiger partial charge in [0, 0.05) is 11.3 Å². The predicted octanol–water partition coefficient (Wildman–Crippen LogP) is 0.803. The van der Waals surface area contributed by atoms with E-state index in [0.717, 1.165) is 0 Å². The molecule has 0 aliphatic rings. The molecule has 2 heterocycles. The summed E-state index contributed by atoms with van der Waals surface area (Å²) in [6, 6.07) is 13.0. The lowest BCUT2D eigenvalue weighted by Crippen LogP contribution is -2.23. The lowest BCUT2D eigenvalue weighted by molar-refractivity contribution is 0.0947. The number of carbonyl (C=O) groups excluding carboxylic acids is 2. The molecular formula is C21H20N10O4. The highest BCUT2D eigenvalue weighted by Crippen LogP contribution is 2.20. The van der Waals surface area contributed by atoms with Crippen LogP contribution in [-0.2, 0) is 6.54 Å². The Kier molecular flexibility index (Phi) is 6.35. The molecule has 0 saturated carbocycles. The first-order valence-electron chi connectivity index (χ1n) is 10.1. The molecule has 14 heteroatoms. The Bertz CT molecular complexity index is 1420. The minimum Gasteiger partial charge on any atom is -0.508 e. The number of nitrogens with one attached hydrogen (secondary N) is 2. The number of hydrogen-bond donors (Lipinski definition) is 5. The number of hydrazone groups is 1. The summed E-state index contributed by atoms with van der Waals surface area (Å²) in [6.45, 7) is 1.64. The highest BCUT2D eigenvalue weighted by molar-refractivity contribution is 6.01. The molecule has 35 heavy (non-hydrogen) atoms. The first-order chi connectivity index (χ1) is 16.8. The van der Waals surface area contributed by atoms with Gasteiger partial charge >= 0.3 is 0 Å². The van der Waals surface area contributed by atoms with E-state index in [9.17, 15) is 14.7 Å². The van der Waals surface area contributed by atoms with Crippen molar-refractivity contribution in [3.8, 4) is 11.6 Å². The summed E-state index contributed by atoms with van der Waals surface area (Å²) in [5.74, 6) is -1.28. The fourth-order valence-corrected chi connectivity index (χ4v) is 3.16. The van der Waals surface area contributed by atoms with Gasteiger partial charge in [-0.2, -0.15) is 9.78 Å². The SMILES string of the molecule is C/C(=N\NC(=O)c1nnn(-c2nonc2N)c1CNc1ccccc1C(N)=O)c1cccc(O)c1. The summed E-state index contributed by atoms with van der Waals surface area (Å²) in [4.78, 5) is 24.7. The number of primary amides is 1. The monoisotopic (exact) mass is 476 g/mol. The molecule has 4 rings (SSSR count). The predicted molar refractivity (Wildman–Crippen MR) is 124 cm³/mol. The number of nitrogen functional groups attached to an aromatic ring is 1. The second kappa shape index (κ2) is 9.70. The second-order valence-corrected chi connectivity index (χ2v) is 7.22. The molecule has 2 amide bonds. The lowest BCUT2D eigenvalue weighted by Gasteiger charge is -2.11. The highest BCUT2D eigenvalue weighted by Gasteiger charge is 2.24. The van der Waals surface area contributed by atoms with Gasteiger partial charge in [0.1, 0.15) is 5.75 Å². The number of para-hydroxylation sites is 1. The molecule has 0 radical (unpaired) electrons. The molecule has 2 aromatic heterocycles. The zero-order chi connectivity index (χ0) is 24.9. The van der Waals surface area contributed by atoms with Crippen molar-refractivity contribution in [1.29, 1.82) is 0 Å². The van der Waals surface area contributed by atoms with Crippen LogP contribution in [0.1, 0.15) is 39.0 Å². The Morgan fingerprint density at radius 1 is 1.17 bits per heavy atom. The van der Waals surface area contributed by atoms with Gasteiger partial charge in [0.15, 0.2) is 5.69 Å². The number of anilines is 2. The third-order valence-corrected chi connectivity index (χ3v) is 4.90. The molecule has 0 aliphatic carbocycles. The molecule has 0 fully saturated rings. The average molecular weight is 476 g/mol. The van der Waals surface area contributed by atoms with Gasteiger partial charge in [0.05, 0.1) is 23.5 Å². The van der Waals surface area contributed by atoms with Gasteiger partial charge in [-0.05, 0) is 41.5 Å². The van der Waals surface area contributed by atoms with Crippen molar-refractivity contribution in [2.75, 3.05) is 11.1 Å². The van der Waals surface area contributed by atoms with Crippen molar-refractivity contribution < 1.29 is 19.3 Å². The first kappa shape index (κ1) is 22.9. The first-order valence-corrected chi connectivity index (χ1v) is 10.1. The third kappa shape index (κ3) is 4.90. The Hall–Kier alpha value is -5.27. The summed E-state index contributed by atoms with van der Waals surface area (Å²) in [5.41, 5.74) is 15.5. The Morgan fingerprint density at radius 3 is 2.69 bits per heavy atom. The molecule has 178 valence electrons. The van der Waals surface area contributed by atoms with Crippen molar-refractivity contribution in [1.82, 2.24) is 30.7 Å². The summed E-state index contributed by atoms with van der Waals surface area (Å²) < 4.78 is 5.82. The number of amides is 2. The zero-order valence-electron chi connectivity index (χ0n) is 18.3. The maximum atomic E-state index is 12.9. The number of phenols is 1. The van der Waals surface area contributed by atoms with E-state index < -0.39 is 11.8 Å². The number of aromatic hydroxyl groups is 1. The molecular weight excluding hydrogens is 456 g/mol. The fraction of sp³-hybridized carbons (Fsp3) is 0.0952. The molecule has 2 aromatic carbocycles. The minimum absolute atomic E-state index is 0.0241. The smallest absolute Gasteiger partial charge is 0.293 e. The molecule has 0 unspecified atom stereocenters. The summed E-state index contributed by atoms with van der Waals surface area (Å²) in [6.07, 6.45) is 0. The molecule has 0 saturated heterocycles. The van der Waals surface area contributed by atoms with Gasteiger partial charge in [0.2, 0.25) is 11.6 Å². The van der Waals surface area contributed by atoms with E-state index in [-0.39, 0.29) is 40.9 Å². The molecule has 0 spiro atoms. The number of hydrogen-bond acceptors (Lipinski definition) is 11. The van der Waals surface area contributed by atoms with E-state index in [1.54, 1.807) is 43.3 Å². The number of rotatable bonds is 8. The van der Waals surface area contributed by atoms with E-state index >= 15 is 0 Å². The number of aromatic nitrogens is 5.